The van der Waals surface area contributed by atoms with Crippen LogP contribution in [-0.2, 0) is 11.3 Å². The van der Waals surface area contributed by atoms with Crippen molar-refractivity contribution in [2.75, 3.05) is 11.4 Å². The summed E-state index contributed by atoms with van der Waals surface area (Å²) < 4.78 is 0.909. The summed E-state index contributed by atoms with van der Waals surface area (Å²) in [6.07, 6.45) is 2.40. The Morgan fingerprint density at radius 3 is 2.95 bits per heavy atom. The maximum atomic E-state index is 11.4. The van der Waals surface area contributed by atoms with E-state index in [-0.39, 0.29) is 0 Å². The third-order valence-corrected chi connectivity index (χ3v) is 4.26. The quantitative estimate of drug-likeness (QED) is 0.924. The molecule has 1 aliphatic rings. The number of fused-ring (bicyclic) bond motifs is 1. The molecule has 0 aliphatic carbocycles. The predicted octanol–water partition coefficient (Wildman–Crippen LogP) is 3.42. The summed E-state index contributed by atoms with van der Waals surface area (Å²) >= 11 is 3.43. The number of pyridine rings is 1. The first-order valence-corrected chi connectivity index (χ1v) is 7.61. The molecule has 108 valence electrons. The fourth-order valence-electron chi connectivity index (χ4n) is 2.76. The lowest BCUT2D eigenvalue weighted by Gasteiger charge is -2.34. The maximum absolute atomic E-state index is 11.4. The Hall–Kier alpha value is -1.88. The van der Waals surface area contributed by atoms with Crippen molar-refractivity contribution >= 4 is 27.6 Å². The molecule has 0 saturated heterocycles. The fourth-order valence-corrected chi connectivity index (χ4v) is 3.14. The van der Waals surface area contributed by atoms with Crippen molar-refractivity contribution in [1.82, 2.24) is 4.98 Å². The molecule has 3 rings (SSSR count). The third kappa shape index (κ3) is 2.93. The average Bonchev–Trinajstić information content (AvgIpc) is 2.48. The monoisotopic (exact) mass is 346 g/mol. The van der Waals surface area contributed by atoms with Gasteiger partial charge in [0.1, 0.15) is 0 Å². The number of rotatable bonds is 3. The van der Waals surface area contributed by atoms with Crippen LogP contribution in [0.2, 0.25) is 0 Å². The van der Waals surface area contributed by atoms with Gasteiger partial charge in [0, 0.05) is 22.9 Å². The van der Waals surface area contributed by atoms with Crippen LogP contribution in [0, 0.1) is 0 Å². The lowest BCUT2D eigenvalue weighted by atomic mass is 9.90. The van der Waals surface area contributed by atoms with Crippen LogP contribution >= 0.6 is 15.9 Å². The molecular weight excluding hydrogens is 332 g/mol. The van der Waals surface area contributed by atoms with Crippen LogP contribution in [0.3, 0.4) is 0 Å². The smallest absolute Gasteiger partial charge is 0.311 e. The predicted molar refractivity (Wildman–Crippen MR) is 84.4 cm³/mol. The molecule has 0 saturated carbocycles. The number of halogens is 1. The molecule has 0 spiro atoms. The largest absolute Gasteiger partial charge is 0.481 e. The van der Waals surface area contributed by atoms with Gasteiger partial charge < -0.3 is 10.0 Å². The van der Waals surface area contributed by atoms with Crippen molar-refractivity contribution in [3.63, 3.8) is 0 Å². The Kier molecular flexibility index (Phi) is 3.92. The molecule has 2 heterocycles. The van der Waals surface area contributed by atoms with Gasteiger partial charge >= 0.3 is 5.97 Å². The summed E-state index contributed by atoms with van der Waals surface area (Å²) in [6, 6.07) is 11.7. The SMILES string of the molecule is O=C(O)C1CCN(Cc2ccccn2)c2ccc(Br)cc21. The Bertz CT molecular complexity index is 661. The van der Waals surface area contributed by atoms with E-state index < -0.39 is 11.9 Å². The number of nitrogens with zero attached hydrogens (tertiary/aromatic N) is 2. The maximum Gasteiger partial charge on any atom is 0.311 e. The van der Waals surface area contributed by atoms with Gasteiger partial charge in [-0.2, -0.15) is 0 Å². The molecule has 1 N–H and O–H groups in total. The minimum atomic E-state index is -0.758. The van der Waals surface area contributed by atoms with Crippen LogP contribution in [0.5, 0.6) is 0 Å². The van der Waals surface area contributed by atoms with E-state index in [9.17, 15) is 9.90 Å². The molecule has 0 fully saturated rings. The van der Waals surface area contributed by atoms with Crippen molar-refractivity contribution < 1.29 is 9.90 Å². The first-order chi connectivity index (χ1) is 10.1. The van der Waals surface area contributed by atoms with Crippen LogP contribution in [0.1, 0.15) is 23.6 Å². The molecule has 1 aromatic carbocycles. The zero-order valence-electron chi connectivity index (χ0n) is 11.4. The van der Waals surface area contributed by atoms with Crippen LogP contribution in [0.15, 0.2) is 47.1 Å². The summed E-state index contributed by atoms with van der Waals surface area (Å²) in [6.45, 7) is 1.42. The zero-order valence-corrected chi connectivity index (χ0v) is 13.0. The number of benzene rings is 1. The highest BCUT2D eigenvalue weighted by Crippen LogP contribution is 2.37. The Balaban J connectivity index is 1.95. The number of carboxylic acids is 1. The van der Waals surface area contributed by atoms with E-state index in [2.05, 4.69) is 25.8 Å². The second kappa shape index (κ2) is 5.85. The van der Waals surface area contributed by atoms with Crippen molar-refractivity contribution in [2.45, 2.75) is 18.9 Å². The van der Waals surface area contributed by atoms with Gasteiger partial charge in [0.2, 0.25) is 0 Å². The van der Waals surface area contributed by atoms with Crippen molar-refractivity contribution in [3.8, 4) is 0 Å². The molecular formula is C16H15BrN2O2. The summed E-state index contributed by atoms with van der Waals surface area (Å²) in [5.41, 5.74) is 2.85. The van der Waals surface area contributed by atoms with Gasteiger partial charge in [-0.1, -0.05) is 22.0 Å². The second-order valence-corrected chi connectivity index (χ2v) is 6.04. The highest BCUT2D eigenvalue weighted by atomic mass is 79.9. The molecule has 1 atom stereocenters. The Labute approximate surface area is 131 Å². The topological polar surface area (TPSA) is 53.4 Å². The molecule has 0 bridgehead atoms. The molecule has 2 aromatic rings. The summed E-state index contributed by atoms with van der Waals surface area (Å²) in [4.78, 5) is 18.0. The second-order valence-electron chi connectivity index (χ2n) is 5.13. The molecule has 1 aliphatic heterocycles. The van der Waals surface area contributed by atoms with E-state index in [1.165, 1.54) is 0 Å². The third-order valence-electron chi connectivity index (χ3n) is 3.77. The molecule has 4 nitrogen and oxygen atoms in total. The van der Waals surface area contributed by atoms with Crippen molar-refractivity contribution in [3.05, 3.63) is 58.3 Å². The summed E-state index contributed by atoms with van der Waals surface area (Å²) in [7, 11) is 0. The number of hydrogen-bond donors (Lipinski definition) is 1. The number of aromatic nitrogens is 1. The van der Waals surface area contributed by atoms with Gasteiger partial charge in [-0.15, -0.1) is 0 Å². The van der Waals surface area contributed by atoms with Gasteiger partial charge in [-0.25, -0.2) is 0 Å². The molecule has 0 radical (unpaired) electrons. The minimum absolute atomic E-state index is 0.433. The van der Waals surface area contributed by atoms with Gasteiger partial charge in [0.15, 0.2) is 0 Å². The first kappa shape index (κ1) is 14.1. The Morgan fingerprint density at radius 2 is 2.24 bits per heavy atom. The standard InChI is InChI=1S/C16H15BrN2O2/c17-11-4-5-15-14(9-11)13(16(20)21)6-8-19(15)10-12-3-1-2-7-18-12/h1-5,7,9,13H,6,8,10H2,(H,20,21). The number of anilines is 1. The van der Waals surface area contributed by atoms with Gasteiger partial charge in [-0.05, 0) is 42.3 Å². The first-order valence-electron chi connectivity index (χ1n) is 6.82. The van der Waals surface area contributed by atoms with E-state index in [1.54, 1.807) is 6.20 Å². The molecule has 1 aromatic heterocycles. The van der Waals surface area contributed by atoms with Crippen molar-refractivity contribution in [1.29, 1.82) is 0 Å². The highest BCUT2D eigenvalue weighted by molar-refractivity contribution is 9.10. The summed E-state index contributed by atoms with van der Waals surface area (Å²) in [5, 5.41) is 9.41. The van der Waals surface area contributed by atoms with Gasteiger partial charge in [-0.3, -0.25) is 9.78 Å². The number of carboxylic acid groups (broad SMARTS) is 1. The van der Waals surface area contributed by atoms with E-state index in [0.29, 0.717) is 13.0 Å². The number of aliphatic carboxylic acids is 1. The summed E-state index contributed by atoms with van der Waals surface area (Å²) in [5.74, 6) is -1.19. The van der Waals surface area contributed by atoms with E-state index in [1.807, 2.05) is 36.4 Å². The average molecular weight is 347 g/mol. The lowest BCUT2D eigenvalue weighted by Crippen LogP contribution is -2.33. The fraction of sp³-hybridized carbons (Fsp3) is 0.250. The molecule has 1 unspecified atom stereocenters. The van der Waals surface area contributed by atoms with Crippen LogP contribution in [0.25, 0.3) is 0 Å². The van der Waals surface area contributed by atoms with Crippen molar-refractivity contribution in [2.24, 2.45) is 0 Å². The van der Waals surface area contributed by atoms with Crippen LogP contribution in [-0.4, -0.2) is 22.6 Å². The molecule has 5 heteroatoms. The van der Waals surface area contributed by atoms with Crippen LogP contribution < -0.4 is 4.90 Å². The minimum Gasteiger partial charge on any atom is -0.481 e. The van der Waals surface area contributed by atoms with Crippen LogP contribution in [0.4, 0.5) is 5.69 Å². The van der Waals surface area contributed by atoms with E-state index in [4.69, 9.17) is 0 Å². The van der Waals surface area contributed by atoms with Gasteiger partial charge in [0.05, 0.1) is 18.2 Å². The lowest BCUT2D eigenvalue weighted by molar-refractivity contribution is -0.139. The molecule has 21 heavy (non-hydrogen) atoms. The number of carbonyl (C=O) groups is 1. The molecule has 0 amide bonds. The highest BCUT2D eigenvalue weighted by Gasteiger charge is 2.30. The zero-order chi connectivity index (χ0) is 14.8. The normalized spacial score (nSPS) is 17.4. The van der Waals surface area contributed by atoms with Gasteiger partial charge in [0.25, 0.3) is 0 Å². The van der Waals surface area contributed by atoms with E-state index >= 15 is 0 Å². The number of hydrogen-bond acceptors (Lipinski definition) is 3. The van der Waals surface area contributed by atoms with E-state index in [0.717, 1.165) is 28.0 Å². The Morgan fingerprint density at radius 1 is 1.38 bits per heavy atom.